The summed E-state index contributed by atoms with van der Waals surface area (Å²) < 4.78 is 0. The van der Waals surface area contributed by atoms with Crippen LogP contribution in [-0.2, 0) is 4.79 Å². The maximum absolute atomic E-state index is 10.8. The van der Waals surface area contributed by atoms with Crippen molar-refractivity contribution in [1.29, 1.82) is 0 Å². The summed E-state index contributed by atoms with van der Waals surface area (Å²) in [5.74, 6) is 7.28. The molecule has 0 aromatic heterocycles. The van der Waals surface area contributed by atoms with Crippen LogP contribution < -0.4 is 0 Å². The van der Waals surface area contributed by atoms with Crippen molar-refractivity contribution in [3.8, 4) is 11.8 Å². The van der Waals surface area contributed by atoms with E-state index in [1.54, 1.807) is 6.92 Å². The van der Waals surface area contributed by atoms with Gasteiger partial charge in [-0.3, -0.25) is 0 Å². The van der Waals surface area contributed by atoms with Gasteiger partial charge in [-0.25, -0.2) is 0 Å². The number of carbonyl (C=O) groups is 1. The molecule has 0 amide bonds. The molecule has 1 heteroatoms. The van der Waals surface area contributed by atoms with E-state index in [1.165, 1.54) is 18.4 Å². The molecule has 0 aliphatic rings. The molecular weight excluding hydrogens is 232 g/mol. The average Bonchev–Trinajstić information content (AvgIpc) is 2.27. The van der Waals surface area contributed by atoms with Gasteiger partial charge >= 0.3 is 0 Å². The van der Waals surface area contributed by atoms with Gasteiger partial charge in [0, 0.05) is 12.8 Å². The number of allylic oxidation sites excluding steroid dienone is 3. The van der Waals surface area contributed by atoms with E-state index in [4.69, 9.17) is 0 Å². The molecule has 0 rings (SSSR count). The number of hydrogen-bond acceptors (Lipinski definition) is 1. The molecule has 0 spiro atoms. The summed E-state index contributed by atoms with van der Waals surface area (Å²) >= 11 is 0. The molecule has 0 radical (unpaired) electrons. The Morgan fingerprint density at radius 3 is 2.53 bits per heavy atom. The largest absolute Gasteiger partial charge is 0.300 e. The summed E-state index contributed by atoms with van der Waals surface area (Å²) in [7, 11) is 0. The van der Waals surface area contributed by atoms with Gasteiger partial charge in [0.15, 0.2) is 0 Å². The van der Waals surface area contributed by atoms with E-state index in [0.717, 1.165) is 30.8 Å². The number of Topliss-reactive ketones (excluding diaryl/α,β-unsaturated/α-hetero) is 1. The van der Waals surface area contributed by atoms with E-state index in [2.05, 4.69) is 32.3 Å². The van der Waals surface area contributed by atoms with Crippen LogP contribution >= 0.6 is 0 Å². The van der Waals surface area contributed by atoms with Gasteiger partial charge in [-0.05, 0) is 44.6 Å². The Bertz CT molecular complexity index is 374. The highest BCUT2D eigenvalue weighted by Crippen LogP contribution is 2.12. The van der Waals surface area contributed by atoms with E-state index in [1.807, 2.05) is 13.0 Å². The molecule has 0 aromatic carbocycles. The monoisotopic (exact) mass is 260 g/mol. The van der Waals surface area contributed by atoms with Gasteiger partial charge in [0.1, 0.15) is 5.78 Å². The molecule has 0 aliphatic heterocycles. The normalized spacial score (nSPS) is 11.1. The molecule has 106 valence electrons. The molecule has 0 saturated carbocycles. The third-order valence-electron chi connectivity index (χ3n) is 2.88. The maximum Gasteiger partial charge on any atom is 0.130 e. The van der Waals surface area contributed by atoms with Crippen molar-refractivity contribution in [3.05, 3.63) is 23.8 Å². The lowest BCUT2D eigenvalue weighted by atomic mass is 10.0. The van der Waals surface area contributed by atoms with Gasteiger partial charge in [0.2, 0.25) is 0 Å². The first kappa shape index (κ1) is 17.7. The fourth-order valence-electron chi connectivity index (χ4n) is 1.70. The summed E-state index contributed by atoms with van der Waals surface area (Å²) in [6.45, 7) is 12.2. The zero-order valence-electron chi connectivity index (χ0n) is 13.0. The second-order valence-corrected chi connectivity index (χ2v) is 5.64. The molecule has 0 heterocycles. The Hall–Kier alpha value is -1.29. The summed E-state index contributed by atoms with van der Waals surface area (Å²) in [4.78, 5) is 10.8. The van der Waals surface area contributed by atoms with Crippen molar-refractivity contribution < 1.29 is 4.79 Å². The Labute approximate surface area is 119 Å². The fourth-order valence-corrected chi connectivity index (χ4v) is 1.70. The molecule has 0 aromatic rings. The summed E-state index contributed by atoms with van der Waals surface area (Å²) in [6, 6.07) is 0. The van der Waals surface area contributed by atoms with Gasteiger partial charge in [0.05, 0.1) is 0 Å². The van der Waals surface area contributed by atoms with Crippen LogP contribution in [0, 0.1) is 17.8 Å². The van der Waals surface area contributed by atoms with Crippen LogP contribution in [0.4, 0.5) is 0 Å². The van der Waals surface area contributed by atoms with Crippen LogP contribution in [0.2, 0.25) is 0 Å². The maximum atomic E-state index is 10.8. The molecule has 0 fully saturated rings. The van der Waals surface area contributed by atoms with Crippen LogP contribution in [0.5, 0.6) is 0 Å². The van der Waals surface area contributed by atoms with Crippen LogP contribution in [0.1, 0.15) is 66.2 Å². The molecular formula is C18H28O. The Morgan fingerprint density at radius 1 is 1.26 bits per heavy atom. The van der Waals surface area contributed by atoms with E-state index >= 15 is 0 Å². The van der Waals surface area contributed by atoms with Gasteiger partial charge < -0.3 is 4.79 Å². The third-order valence-corrected chi connectivity index (χ3v) is 2.88. The Kier molecular flexibility index (Phi) is 9.90. The van der Waals surface area contributed by atoms with Crippen molar-refractivity contribution in [3.63, 3.8) is 0 Å². The van der Waals surface area contributed by atoms with Crippen LogP contribution in [-0.4, -0.2) is 5.78 Å². The van der Waals surface area contributed by atoms with Crippen molar-refractivity contribution >= 4 is 5.78 Å². The lowest BCUT2D eigenvalue weighted by Crippen LogP contribution is -1.88. The lowest BCUT2D eigenvalue weighted by molar-refractivity contribution is -0.116. The predicted molar refractivity (Wildman–Crippen MR) is 83.9 cm³/mol. The minimum absolute atomic E-state index is 0.232. The molecule has 0 unspecified atom stereocenters. The lowest BCUT2D eigenvalue weighted by Gasteiger charge is -2.04. The van der Waals surface area contributed by atoms with Crippen molar-refractivity contribution in [2.24, 2.45) is 5.92 Å². The first-order valence-electron chi connectivity index (χ1n) is 7.23. The highest BCUT2D eigenvalue weighted by atomic mass is 16.1. The smallest absolute Gasteiger partial charge is 0.130 e. The van der Waals surface area contributed by atoms with E-state index < -0.39 is 0 Å². The summed E-state index contributed by atoms with van der Waals surface area (Å²) in [5.41, 5.74) is 2.28. The van der Waals surface area contributed by atoms with Gasteiger partial charge in [-0.1, -0.05) is 50.3 Å². The number of rotatable bonds is 8. The van der Waals surface area contributed by atoms with Gasteiger partial charge in [-0.2, -0.15) is 0 Å². The highest BCUT2D eigenvalue weighted by molar-refractivity contribution is 5.75. The van der Waals surface area contributed by atoms with Crippen LogP contribution in [0.3, 0.4) is 0 Å². The summed E-state index contributed by atoms with van der Waals surface area (Å²) in [5, 5.41) is 0. The SMILES string of the molecule is C=C(CC#CC(C)=CCCC(C)=O)CCCC(C)C. The molecule has 0 bridgehead atoms. The molecule has 0 atom stereocenters. The van der Waals surface area contributed by atoms with E-state index in [-0.39, 0.29) is 5.78 Å². The van der Waals surface area contributed by atoms with Crippen LogP contribution in [0.25, 0.3) is 0 Å². The van der Waals surface area contributed by atoms with E-state index in [9.17, 15) is 4.79 Å². The Morgan fingerprint density at radius 2 is 1.95 bits per heavy atom. The fraction of sp³-hybridized carbons (Fsp3) is 0.611. The molecule has 19 heavy (non-hydrogen) atoms. The first-order valence-corrected chi connectivity index (χ1v) is 7.23. The average molecular weight is 260 g/mol. The minimum Gasteiger partial charge on any atom is -0.300 e. The summed E-state index contributed by atoms with van der Waals surface area (Å²) in [6.07, 6.45) is 7.79. The first-order chi connectivity index (χ1) is 8.91. The minimum atomic E-state index is 0.232. The number of carbonyl (C=O) groups excluding carboxylic acids is 1. The zero-order chi connectivity index (χ0) is 14.7. The van der Waals surface area contributed by atoms with Crippen molar-refractivity contribution in [2.45, 2.75) is 66.2 Å². The second kappa shape index (κ2) is 10.6. The molecule has 1 nitrogen and oxygen atoms in total. The quantitative estimate of drug-likeness (QED) is 0.439. The third kappa shape index (κ3) is 12.9. The Balaban J connectivity index is 3.88. The number of ketones is 1. The standard InChI is InChI=1S/C18H28O/c1-15(2)9-6-10-16(3)11-7-12-17(4)13-8-14-18(5)19/h13,15H,3,6,8-11,14H2,1-2,4-5H3. The zero-order valence-corrected chi connectivity index (χ0v) is 13.0. The van der Waals surface area contributed by atoms with Crippen molar-refractivity contribution in [2.75, 3.05) is 0 Å². The van der Waals surface area contributed by atoms with Crippen LogP contribution in [0.15, 0.2) is 23.8 Å². The van der Waals surface area contributed by atoms with E-state index in [0.29, 0.717) is 6.42 Å². The topological polar surface area (TPSA) is 17.1 Å². The van der Waals surface area contributed by atoms with Gasteiger partial charge in [0.25, 0.3) is 0 Å². The molecule has 0 N–H and O–H groups in total. The highest BCUT2D eigenvalue weighted by Gasteiger charge is 1.96. The van der Waals surface area contributed by atoms with Gasteiger partial charge in [-0.15, -0.1) is 0 Å². The van der Waals surface area contributed by atoms with Crippen molar-refractivity contribution in [1.82, 2.24) is 0 Å². The second-order valence-electron chi connectivity index (χ2n) is 5.64. The molecule has 0 saturated heterocycles. The number of hydrogen-bond donors (Lipinski definition) is 0. The predicted octanol–water partition coefficient (Wildman–Crippen LogP) is 5.08. The molecule has 0 aliphatic carbocycles.